The van der Waals surface area contributed by atoms with E-state index in [1.54, 1.807) is 42.7 Å². The van der Waals surface area contributed by atoms with E-state index >= 15 is 0 Å². The van der Waals surface area contributed by atoms with Gasteiger partial charge in [0.15, 0.2) is 0 Å². The molecule has 0 aliphatic carbocycles. The van der Waals surface area contributed by atoms with E-state index in [0.29, 0.717) is 17.3 Å². The van der Waals surface area contributed by atoms with Crippen molar-refractivity contribution in [3.05, 3.63) is 64.5 Å². The van der Waals surface area contributed by atoms with Gasteiger partial charge in [-0.15, -0.1) is 0 Å². The van der Waals surface area contributed by atoms with Crippen LogP contribution < -0.4 is 10.5 Å². The molecule has 128 valence electrons. The number of aromatic nitrogens is 4. The van der Waals surface area contributed by atoms with E-state index in [0.717, 1.165) is 5.56 Å². The first-order valence-electron chi connectivity index (χ1n) is 7.65. The molecule has 3 heterocycles. The fraction of sp³-hybridized carbons (Fsp3) is 0.235. The second-order valence-corrected chi connectivity index (χ2v) is 5.58. The fourth-order valence-electron chi connectivity index (χ4n) is 2.28. The third-order valence-corrected chi connectivity index (χ3v) is 3.52. The summed E-state index contributed by atoms with van der Waals surface area (Å²) in [5.74, 6) is -0.0294. The molecule has 0 spiro atoms. The Bertz CT molecular complexity index is 955. The van der Waals surface area contributed by atoms with Crippen LogP contribution in [0.5, 0.6) is 0 Å². The maximum atomic E-state index is 12.1. The largest absolute Gasteiger partial charge is 0.458 e. The van der Waals surface area contributed by atoms with Crippen molar-refractivity contribution in [2.45, 2.75) is 13.5 Å². The predicted octanol–water partition coefficient (Wildman–Crippen LogP) is 0.973. The summed E-state index contributed by atoms with van der Waals surface area (Å²) in [6.07, 6.45) is 4.86. The van der Waals surface area contributed by atoms with Crippen LogP contribution in [0.4, 0.5) is 5.95 Å². The fourth-order valence-corrected chi connectivity index (χ4v) is 2.28. The van der Waals surface area contributed by atoms with Gasteiger partial charge < -0.3 is 9.64 Å². The Balaban J connectivity index is 1.66. The number of pyridine rings is 1. The molecule has 0 amide bonds. The second kappa shape index (κ2) is 7.08. The molecule has 0 aromatic carbocycles. The normalized spacial score (nSPS) is 10.6. The van der Waals surface area contributed by atoms with Crippen molar-refractivity contribution in [1.29, 1.82) is 0 Å². The van der Waals surface area contributed by atoms with E-state index < -0.39 is 5.97 Å². The Kier molecular flexibility index (Phi) is 4.69. The number of hydrogen-bond acceptors (Lipinski definition) is 7. The van der Waals surface area contributed by atoms with Gasteiger partial charge in [-0.05, 0) is 30.7 Å². The van der Waals surface area contributed by atoms with Crippen LogP contribution in [0.3, 0.4) is 0 Å². The lowest BCUT2D eigenvalue weighted by atomic mass is 10.3. The number of esters is 1. The van der Waals surface area contributed by atoms with Crippen molar-refractivity contribution in [3.8, 4) is 0 Å². The molecule has 8 heteroatoms. The number of fused-ring (bicyclic) bond motifs is 1. The standard InChI is InChI=1S/C17H17N5O3/c1-12-4-7-22-14(8-12)20-13(9-15(22)23)11-25-16(24)10-21(2)17-18-5-3-6-19-17/h3-9H,10-11H2,1-2H3. The molecule has 25 heavy (non-hydrogen) atoms. The van der Waals surface area contributed by atoms with Crippen LogP contribution in [0.25, 0.3) is 5.65 Å². The Labute approximate surface area is 143 Å². The third-order valence-electron chi connectivity index (χ3n) is 3.52. The van der Waals surface area contributed by atoms with Crippen LogP contribution in [-0.2, 0) is 16.1 Å². The lowest BCUT2D eigenvalue weighted by molar-refractivity contribution is -0.143. The molecule has 0 saturated carbocycles. The summed E-state index contributed by atoms with van der Waals surface area (Å²) in [5, 5.41) is 0. The Morgan fingerprint density at radius 3 is 2.80 bits per heavy atom. The minimum atomic E-state index is -0.457. The number of carbonyl (C=O) groups is 1. The monoisotopic (exact) mass is 339 g/mol. The molecule has 0 saturated heterocycles. The van der Waals surface area contributed by atoms with Crippen molar-refractivity contribution < 1.29 is 9.53 Å². The van der Waals surface area contributed by atoms with Gasteiger partial charge in [-0.25, -0.2) is 15.0 Å². The summed E-state index contributed by atoms with van der Waals surface area (Å²) < 4.78 is 6.65. The highest BCUT2D eigenvalue weighted by molar-refractivity contribution is 5.74. The average molecular weight is 339 g/mol. The van der Waals surface area contributed by atoms with Crippen LogP contribution in [-0.4, -0.2) is 38.9 Å². The molecule has 0 bridgehead atoms. The van der Waals surface area contributed by atoms with Crippen molar-refractivity contribution in [1.82, 2.24) is 19.4 Å². The van der Waals surface area contributed by atoms with Gasteiger partial charge >= 0.3 is 5.97 Å². The lowest BCUT2D eigenvalue weighted by Gasteiger charge is -2.15. The third kappa shape index (κ3) is 3.97. The molecule has 3 aromatic rings. The predicted molar refractivity (Wildman–Crippen MR) is 91.3 cm³/mol. The quantitative estimate of drug-likeness (QED) is 0.640. The van der Waals surface area contributed by atoms with E-state index in [9.17, 15) is 9.59 Å². The first-order valence-corrected chi connectivity index (χ1v) is 7.65. The van der Waals surface area contributed by atoms with Crippen LogP contribution in [0.15, 0.2) is 47.7 Å². The molecular weight excluding hydrogens is 322 g/mol. The van der Waals surface area contributed by atoms with Gasteiger partial charge in [-0.2, -0.15) is 0 Å². The van der Waals surface area contributed by atoms with Crippen molar-refractivity contribution in [3.63, 3.8) is 0 Å². The summed E-state index contributed by atoms with van der Waals surface area (Å²) in [5.41, 5.74) is 1.70. The molecule has 0 aliphatic heterocycles. The van der Waals surface area contributed by atoms with Crippen molar-refractivity contribution in [2.75, 3.05) is 18.5 Å². The highest BCUT2D eigenvalue weighted by atomic mass is 16.5. The number of rotatable bonds is 5. The molecule has 0 aliphatic rings. The van der Waals surface area contributed by atoms with E-state index in [2.05, 4.69) is 15.0 Å². The van der Waals surface area contributed by atoms with Gasteiger partial charge in [0.25, 0.3) is 5.56 Å². The minimum Gasteiger partial charge on any atom is -0.458 e. The number of nitrogens with zero attached hydrogens (tertiary/aromatic N) is 5. The molecule has 8 nitrogen and oxygen atoms in total. The summed E-state index contributed by atoms with van der Waals surface area (Å²) in [4.78, 5) is 38.1. The van der Waals surface area contributed by atoms with Crippen molar-refractivity contribution in [2.24, 2.45) is 0 Å². The zero-order chi connectivity index (χ0) is 17.8. The molecule has 0 radical (unpaired) electrons. The van der Waals surface area contributed by atoms with Gasteiger partial charge in [0.2, 0.25) is 5.95 Å². The highest BCUT2D eigenvalue weighted by Gasteiger charge is 2.11. The number of anilines is 1. The smallest absolute Gasteiger partial charge is 0.326 e. The Hall–Kier alpha value is -3.29. The first kappa shape index (κ1) is 16.6. The van der Waals surface area contributed by atoms with Crippen LogP contribution in [0.2, 0.25) is 0 Å². The van der Waals surface area contributed by atoms with Crippen LogP contribution in [0, 0.1) is 6.92 Å². The summed E-state index contributed by atoms with van der Waals surface area (Å²) in [6, 6.07) is 6.69. The molecule has 3 rings (SSSR count). The van der Waals surface area contributed by atoms with Gasteiger partial charge in [0.05, 0.1) is 5.69 Å². The van der Waals surface area contributed by atoms with Crippen molar-refractivity contribution >= 4 is 17.6 Å². The number of ether oxygens (including phenoxy) is 1. The Morgan fingerprint density at radius 2 is 2.04 bits per heavy atom. The maximum Gasteiger partial charge on any atom is 0.326 e. The van der Waals surface area contributed by atoms with Gasteiger partial charge in [0, 0.05) is 31.7 Å². The zero-order valence-corrected chi connectivity index (χ0v) is 13.9. The summed E-state index contributed by atoms with van der Waals surface area (Å²) in [6.45, 7) is 1.85. The topological polar surface area (TPSA) is 89.7 Å². The molecule has 0 atom stereocenters. The average Bonchev–Trinajstić information content (AvgIpc) is 2.60. The lowest BCUT2D eigenvalue weighted by Crippen LogP contribution is -2.28. The zero-order valence-electron chi connectivity index (χ0n) is 13.9. The van der Waals surface area contributed by atoms with E-state index in [1.165, 1.54) is 10.5 Å². The number of likely N-dealkylation sites (N-methyl/N-ethyl adjacent to an activating group) is 1. The minimum absolute atomic E-state index is 0.00428. The van der Waals surface area contributed by atoms with E-state index in [-0.39, 0.29) is 18.7 Å². The first-order chi connectivity index (χ1) is 12.0. The highest BCUT2D eigenvalue weighted by Crippen LogP contribution is 2.05. The SMILES string of the molecule is Cc1ccn2c(=O)cc(COC(=O)CN(C)c3ncccn3)nc2c1. The molecule has 0 fully saturated rings. The number of carbonyl (C=O) groups excluding carboxylic acids is 1. The maximum absolute atomic E-state index is 12.1. The molecule has 0 N–H and O–H groups in total. The van der Waals surface area contributed by atoms with E-state index in [1.807, 2.05) is 13.0 Å². The van der Waals surface area contributed by atoms with Gasteiger partial charge in [0.1, 0.15) is 18.8 Å². The Morgan fingerprint density at radius 1 is 1.28 bits per heavy atom. The summed E-state index contributed by atoms with van der Waals surface area (Å²) >= 11 is 0. The van der Waals surface area contributed by atoms with E-state index in [4.69, 9.17) is 4.74 Å². The van der Waals surface area contributed by atoms with Crippen LogP contribution >= 0.6 is 0 Å². The number of hydrogen-bond donors (Lipinski definition) is 0. The molecular formula is C17H17N5O3. The van der Waals surface area contributed by atoms with Gasteiger partial charge in [-0.1, -0.05) is 0 Å². The van der Waals surface area contributed by atoms with Gasteiger partial charge in [-0.3, -0.25) is 14.0 Å². The second-order valence-electron chi connectivity index (χ2n) is 5.58. The molecule has 0 unspecified atom stereocenters. The van der Waals surface area contributed by atoms with Crippen LogP contribution in [0.1, 0.15) is 11.3 Å². The summed E-state index contributed by atoms with van der Waals surface area (Å²) in [7, 11) is 1.69. The number of aryl methyl sites for hydroxylation is 1. The molecule has 3 aromatic heterocycles.